The maximum atomic E-state index is 11.2. The fourth-order valence-corrected chi connectivity index (χ4v) is 2.56. The zero-order chi connectivity index (χ0) is 11.8. The number of benzene rings is 2. The maximum absolute atomic E-state index is 11.2. The molecule has 2 rings (SSSR count). The van der Waals surface area contributed by atoms with Gasteiger partial charge in [-0.25, -0.2) is 0 Å². The molecule has 0 amide bonds. The molecule has 0 spiro atoms. The average molecular weight is 278 g/mol. The van der Waals surface area contributed by atoms with E-state index in [1.54, 1.807) is 18.2 Å². The van der Waals surface area contributed by atoms with Gasteiger partial charge in [0, 0.05) is 5.39 Å². The fourth-order valence-electron chi connectivity index (χ4n) is 1.87. The van der Waals surface area contributed by atoms with Crippen LogP contribution in [0.15, 0.2) is 41.3 Å². The van der Waals surface area contributed by atoms with Gasteiger partial charge in [-0.1, -0.05) is 37.3 Å². The van der Waals surface area contributed by atoms with Gasteiger partial charge in [0.25, 0.3) is 10.1 Å². The van der Waals surface area contributed by atoms with Crippen LogP contribution in [-0.4, -0.2) is 50.7 Å². The summed E-state index contributed by atoms with van der Waals surface area (Å²) in [5.41, 5.74) is 1.07. The molecule has 88 valence electrons. The van der Waals surface area contributed by atoms with Crippen LogP contribution in [0.25, 0.3) is 10.8 Å². The first kappa shape index (κ1) is 14.9. The number of aryl methyl sites for hydroxylation is 1. The molecule has 0 aliphatic heterocycles. The first-order chi connectivity index (χ1) is 7.54. The second-order valence-corrected chi connectivity index (χ2v) is 4.99. The zero-order valence-corrected chi connectivity index (χ0v) is 12.6. The van der Waals surface area contributed by atoms with E-state index in [4.69, 9.17) is 4.55 Å². The first-order valence-corrected chi connectivity index (χ1v) is 6.46. The summed E-state index contributed by atoms with van der Waals surface area (Å²) in [6.45, 7) is 2.01. The van der Waals surface area contributed by atoms with E-state index in [-0.39, 0.29) is 45.5 Å². The van der Waals surface area contributed by atoms with Crippen LogP contribution >= 0.6 is 0 Å². The molecule has 1 N–H and O–H groups in total. The smallest absolute Gasteiger partial charge is 1.00 e. The Bertz CT molecular complexity index is 644. The molecule has 0 aliphatic carbocycles. The number of rotatable bonds is 2. The van der Waals surface area contributed by atoms with Gasteiger partial charge in [-0.2, -0.15) is 8.42 Å². The Morgan fingerprint density at radius 2 is 1.71 bits per heavy atom. The van der Waals surface area contributed by atoms with Crippen molar-refractivity contribution in [3.8, 4) is 0 Å². The van der Waals surface area contributed by atoms with Crippen LogP contribution in [0.2, 0.25) is 0 Å². The van der Waals surface area contributed by atoms with Crippen molar-refractivity contribution in [2.24, 2.45) is 0 Å². The van der Waals surface area contributed by atoms with Gasteiger partial charge in [0.15, 0.2) is 0 Å². The van der Waals surface area contributed by atoms with Crippen LogP contribution in [-0.2, 0) is 16.5 Å². The van der Waals surface area contributed by atoms with Gasteiger partial charge in [0.2, 0.25) is 0 Å². The Labute approximate surface area is 134 Å². The number of hydrogen-bond acceptors (Lipinski definition) is 2. The zero-order valence-electron chi connectivity index (χ0n) is 11.6. The van der Waals surface area contributed by atoms with E-state index < -0.39 is 10.1 Å². The van der Waals surface area contributed by atoms with Crippen LogP contribution in [0.5, 0.6) is 0 Å². The van der Waals surface area contributed by atoms with Crippen LogP contribution in [0.1, 0.15) is 15.3 Å². The van der Waals surface area contributed by atoms with E-state index >= 15 is 0 Å². The van der Waals surface area contributed by atoms with Gasteiger partial charge in [-0.05, 0) is 23.4 Å². The number of hydrogen-bond donors (Lipinski definition) is 1. The van der Waals surface area contributed by atoms with E-state index in [0.29, 0.717) is 5.39 Å². The predicted molar refractivity (Wildman–Crippen MR) is 71.1 cm³/mol. The summed E-state index contributed by atoms with van der Waals surface area (Å²) in [5.74, 6) is 0. The normalized spacial score (nSPS) is 11.2. The van der Waals surface area contributed by atoms with Crippen molar-refractivity contribution in [1.82, 2.24) is 0 Å². The molecule has 0 unspecified atom stereocenters. The van der Waals surface area contributed by atoms with Gasteiger partial charge >= 0.3 is 37.7 Å². The van der Waals surface area contributed by atoms with E-state index in [1.807, 2.05) is 19.1 Å². The Hall–Kier alpha value is -0.130. The van der Waals surface area contributed by atoms with Gasteiger partial charge in [-0.3, -0.25) is 4.55 Å². The molecule has 0 heterocycles. The topological polar surface area (TPSA) is 54.4 Å². The molecule has 0 aliphatic rings. The molecular weight excluding hydrogens is 264 g/mol. The molecule has 2 aromatic carbocycles. The fraction of sp³-hybridized carbons (Fsp3) is 0.167. The minimum absolute atomic E-state index is 0. The standard InChI is InChI=1S/C12H12O3S.Ca.2H/c1-2-9-7-8-12(16(13,14)15)11-6-4-3-5-10(9)11;;;/h3-8H,2H2,1H3,(H,13,14,15);;;/q;+2;2*-1. The summed E-state index contributed by atoms with van der Waals surface area (Å²) < 4.78 is 31.5. The van der Waals surface area contributed by atoms with Crippen molar-refractivity contribution in [1.29, 1.82) is 0 Å². The summed E-state index contributed by atoms with van der Waals surface area (Å²) in [6.07, 6.45) is 0.826. The molecule has 0 radical (unpaired) electrons. The van der Waals surface area contributed by atoms with Crippen molar-refractivity contribution in [2.45, 2.75) is 18.2 Å². The molecule has 0 atom stereocenters. The summed E-state index contributed by atoms with van der Waals surface area (Å²) in [7, 11) is -4.15. The Balaban J connectivity index is 0. The SMILES string of the molecule is CCc1ccc(S(=O)(=O)O)c2ccccc12.[Ca+2].[H-].[H-]. The van der Waals surface area contributed by atoms with E-state index in [2.05, 4.69) is 0 Å². The van der Waals surface area contributed by atoms with Gasteiger partial charge in [0.05, 0.1) is 0 Å². The Kier molecular flexibility index (Phi) is 4.98. The molecule has 0 saturated heterocycles. The summed E-state index contributed by atoms with van der Waals surface area (Å²) in [4.78, 5) is -0.0275. The maximum Gasteiger partial charge on any atom is 2.00 e. The van der Waals surface area contributed by atoms with Gasteiger partial charge in [-0.15, -0.1) is 0 Å². The van der Waals surface area contributed by atoms with Crippen molar-refractivity contribution < 1.29 is 15.8 Å². The van der Waals surface area contributed by atoms with Crippen molar-refractivity contribution in [2.75, 3.05) is 0 Å². The van der Waals surface area contributed by atoms with Gasteiger partial charge in [0.1, 0.15) is 4.90 Å². The van der Waals surface area contributed by atoms with Crippen LogP contribution in [0, 0.1) is 0 Å². The van der Waals surface area contributed by atoms with Crippen molar-refractivity contribution >= 4 is 58.6 Å². The van der Waals surface area contributed by atoms with Crippen LogP contribution in [0.3, 0.4) is 0 Å². The molecule has 2 aromatic rings. The quantitative estimate of drug-likeness (QED) is 0.678. The number of fused-ring (bicyclic) bond motifs is 1. The minimum Gasteiger partial charge on any atom is -1.00 e. The molecule has 17 heavy (non-hydrogen) atoms. The summed E-state index contributed by atoms with van der Waals surface area (Å²) in [5, 5.41) is 1.45. The van der Waals surface area contributed by atoms with Crippen molar-refractivity contribution in [3.05, 3.63) is 42.0 Å². The Morgan fingerprint density at radius 1 is 1.12 bits per heavy atom. The summed E-state index contributed by atoms with van der Waals surface area (Å²) >= 11 is 0. The van der Waals surface area contributed by atoms with E-state index in [1.165, 1.54) is 6.07 Å². The third kappa shape index (κ3) is 3.01. The first-order valence-electron chi connectivity index (χ1n) is 5.02. The Morgan fingerprint density at radius 3 is 2.24 bits per heavy atom. The third-order valence-electron chi connectivity index (χ3n) is 2.63. The van der Waals surface area contributed by atoms with Gasteiger partial charge < -0.3 is 2.85 Å². The average Bonchev–Trinajstić information content (AvgIpc) is 2.26. The molecule has 0 bridgehead atoms. The predicted octanol–water partition coefficient (Wildman–Crippen LogP) is 2.49. The molecule has 0 saturated carbocycles. The molecule has 0 aromatic heterocycles. The van der Waals surface area contributed by atoms with E-state index in [9.17, 15) is 8.42 Å². The third-order valence-corrected chi connectivity index (χ3v) is 3.54. The largest absolute Gasteiger partial charge is 2.00 e. The van der Waals surface area contributed by atoms with E-state index in [0.717, 1.165) is 17.4 Å². The molecular formula is C12H14CaO3S. The minimum atomic E-state index is -4.15. The molecule has 0 fully saturated rings. The van der Waals surface area contributed by atoms with Crippen LogP contribution < -0.4 is 0 Å². The second kappa shape index (κ2) is 5.67. The monoisotopic (exact) mass is 278 g/mol. The molecule has 3 nitrogen and oxygen atoms in total. The second-order valence-electron chi connectivity index (χ2n) is 3.60. The molecule has 5 heteroatoms. The van der Waals surface area contributed by atoms with Crippen molar-refractivity contribution in [3.63, 3.8) is 0 Å². The summed E-state index contributed by atoms with van der Waals surface area (Å²) in [6, 6.07) is 10.4. The van der Waals surface area contributed by atoms with Crippen LogP contribution in [0.4, 0.5) is 0 Å².